The van der Waals surface area contributed by atoms with Gasteiger partial charge in [0.1, 0.15) is 12.4 Å². The number of nitrogens with one attached hydrogen (secondary N) is 1. The maximum absolute atomic E-state index is 5.67. The van der Waals surface area contributed by atoms with Crippen LogP contribution in [0.2, 0.25) is 0 Å². The number of hydrogen-bond donors (Lipinski definition) is 1. The standard InChI is InChI=1S/C15H25NO2/c1-4-9-17-10-11-18-15-8-6-7-14(12-15)13(3)16-5-2/h6-8,12-13,16H,4-5,9-11H2,1-3H3. The van der Waals surface area contributed by atoms with Gasteiger partial charge in [0, 0.05) is 12.6 Å². The van der Waals surface area contributed by atoms with Crippen LogP contribution in [-0.4, -0.2) is 26.4 Å². The molecule has 0 aliphatic rings. The van der Waals surface area contributed by atoms with E-state index in [1.807, 2.05) is 12.1 Å². The topological polar surface area (TPSA) is 30.5 Å². The van der Waals surface area contributed by atoms with Crippen LogP contribution in [0.1, 0.15) is 38.8 Å². The van der Waals surface area contributed by atoms with E-state index in [0.29, 0.717) is 19.3 Å². The lowest BCUT2D eigenvalue weighted by Gasteiger charge is -2.14. The van der Waals surface area contributed by atoms with E-state index >= 15 is 0 Å². The van der Waals surface area contributed by atoms with E-state index in [0.717, 1.165) is 25.3 Å². The summed E-state index contributed by atoms with van der Waals surface area (Å²) in [6, 6.07) is 8.59. The van der Waals surface area contributed by atoms with Crippen LogP contribution in [0.4, 0.5) is 0 Å². The van der Waals surface area contributed by atoms with Gasteiger partial charge in [0.2, 0.25) is 0 Å². The molecule has 0 aliphatic heterocycles. The smallest absolute Gasteiger partial charge is 0.119 e. The Morgan fingerprint density at radius 3 is 2.72 bits per heavy atom. The molecule has 0 heterocycles. The van der Waals surface area contributed by atoms with Crippen LogP contribution in [0.25, 0.3) is 0 Å². The zero-order chi connectivity index (χ0) is 13.2. The monoisotopic (exact) mass is 251 g/mol. The molecule has 1 N–H and O–H groups in total. The van der Waals surface area contributed by atoms with Crippen molar-refractivity contribution in [3.05, 3.63) is 29.8 Å². The summed E-state index contributed by atoms with van der Waals surface area (Å²) in [7, 11) is 0. The Hall–Kier alpha value is -1.06. The molecule has 3 heteroatoms. The minimum Gasteiger partial charge on any atom is -0.491 e. The number of benzene rings is 1. The van der Waals surface area contributed by atoms with Gasteiger partial charge in [-0.25, -0.2) is 0 Å². The first kappa shape index (κ1) is 15.0. The summed E-state index contributed by atoms with van der Waals surface area (Å²) in [6.45, 7) is 9.42. The molecule has 1 atom stereocenters. The number of hydrogen-bond acceptors (Lipinski definition) is 3. The summed E-state index contributed by atoms with van der Waals surface area (Å²) in [5.74, 6) is 0.914. The average molecular weight is 251 g/mol. The lowest BCUT2D eigenvalue weighted by atomic mass is 10.1. The normalized spacial score (nSPS) is 12.4. The Kier molecular flexibility index (Phi) is 7.46. The summed E-state index contributed by atoms with van der Waals surface area (Å²) in [5, 5.41) is 3.39. The molecule has 0 radical (unpaired) electrons. The van der Waals surface area contributed by atoms with E-state index in [1.54, 1.807) is 0 Å². The lowest BCUT2D eigenvalue weighted by molar-refractivity contribution is 0.101. The number of rotatable bonds is 9. The molecule has 18 heavy (non-hydrogen) atoms. The van der Waals surface area contributed by atoms with Gasteiger partial charge in [-0.15, -0.1) is 0 Å². The van der Waals surface area contributed by atoms with Crippen molar-refractivity contribution >= 4 is 0 Å². The van der Waals surface area contributed by atoms with Crippen LogP contribution in [-0.2, 0) is 4.74 Å². The molecule has 102 valence electrons. The van der Waals surface area contributed by atoms with Crippen molar-refractivity contribution in [3.63, 3.8) is 0 Å². The average Bonchev–Trinajstić information content (AvgIpc) is 2.39. The Morgan fingerprint density at radius 2 is 2.00 bits per heavy atom. The molecule has 1 unspecified atom stereocenters. The van der Waals surface area contributed by atoms with Gasteiger partial charge in [0.25, 0.3) is 0 Å². The fourth-order valence-electron chi connectivity index (χ4n) is 1.76. The van der Waals surface area contributed by atoms with E-state index in [4.69, 9.17) is 9.47 Å². The lowest BCUT2D eigenvalue weighted by Crippen LogP contribution is -2.17. The van der Waals surface area contributed by atoms with Crippen molar-refractivity contribution in [1.82, 2.24) is 5.32 Å². The van der Waals surface area contributed by atoms with Gasteiger partial charge < -0.3 is 14.8 Å². The quantitative estimate of drug-likeness (QED) is 0.684. The molecule has 0 bridgehead atoms. The third-order valence-corrected chi connectivity index (χ3v) is 2.71. The van der Waals surface area contributed by atoms with Crippen molar-refractivity contribution in [2.45, 2.75) is 33.2 Å². The van der Waals surface area contributed by atoms with Gasteiger partial charge in [0.05, 0.1) is 6.61 Å². The van der Waals surface area contributed by atoms with Crippen molar-refractivity contribution in [2.24, 2.45) is 0 Å². The van der Waals surface area contributed by atoms with Crippen LogP contribution < -0.4 is 10.1 Å². The van der Waals surface area contributed by atoms with Gasteiger partial charge in [0.15, 0.2) is 0 Å². The highest BCUT2D eigenvalue weighted by molar-refractivity contribution is 5.30. The highest BCUT2D eigenvalue weighted by Crippen LogP contribution is 2.18. The molecular formula is C15H25NO2. The van der Waals surface area contributed by atoms with Crippen molar-refractivity contribution < 1.29 is 9.47 Å². The van der Waals surface area contributed by atoms with Crippen LogP contribution in [0.15, 0.2) is 24.3 Å². The molecule has 1 aromatic rings. The Labute approximate surface area is 110 Å². The summed E-state index contributed by atoms with van der Waals surface area (Å²) >= 11 is 0. The van der Waals surface area contributed by atoms with E-state index in [1.165, 1.54) is 5.56 Å². The molecule has 0 aromatic heterocycles. The molecule has 1 aromatic carbocycles. The second-order valence-corrected chi connectivity index (χ2v) is 4.31. The molecule has 0 fully saturated rings. The zero-order valence-corrected chi connectivity index (χ0v) is 11.7. The summed E-state index contributed by atoms with van der Waals surface area (Å²) in [4.78, 5) is 0. The van der Waals surface area contributed by atoms with Crippen molar-refractivity contribution in [3.8, 4) is 5.75 Å². The van der Waals surface area contributed by atoms with E-state index < -0.39 is 0 Å². The van der Waals surface area contributed by atoms with Gasteiger partial charge in [-0.05, 0) is 37.6 Å². The van der Waals surface area contributed by atoms with Crippen LogP contribution in [0, 0.1) is 0 Å². The molecule has 0 saturated heterocycles. The second kappa shape index (κ2) is 8.95. The maximum Gasteiger partial charge on any atom is 0.119 e. The summed E-state index contributed by atoms with van der Waals surface area (Å²) in [6.07, 6.45) is 1.05. The first-order valence-corrected chi connectivity index (χ1v) is 6.81. The molecule has 0 spiro atoms. The molecule has 1 rings (SSSR count). The first-order chi connectivity index (χ1) is 8.77. The minimum absolute atomic E-state index is 0.356. The molecule has 0 saturated carbocycles. The molecular weight excluding hydrogens is 226 g/mol. The van der Waals surface area contributed by atoms with Crippen LogP contribution >= 0.6 is 0 Å². The van der Waals surface area contributed by atoms with E-state index in [9.17, 15) is 0 Å². The van der Waals surface area contributed by atoms with E-state index in [2.05, 4.69) is 38.2 Å². The van der Waals surface area contributed by atoms with Gasteiger partial charge in [-0.3, -0.25) is 0 Å². The van der Waals surface area contributed by atoms with Gasteiger partial charge >= 0.3 is 0 Å². The third-order valence-electron chi connectivity index (χ3n) is 2.71. The van der Waals surface area contributed by atoms with Crippen LogP contribution in [0.3, 0.4) is 0 Å². The summed E-state index contributed by atoms with van der Waals surface area (Å²) in [5.41, 5.74) is 1.25. The maximum atomic E-state index is 5.67. The highest BCUT2D eigenvalue weighted by atomic mass is 16.5. The fourth-order valence-corrected chi connectivity index (χ4v) is 1.76. The molecule has 0 amide bonds. The Morgan fingerprint density at radius 1 is 1.17 bits per heavy atom. The largest absolute Gasteiger partial charge is 0.491 e. The van der Waals surface area contributed by atoms with Crippen LogP contribution in [0.5, 0.6) is 5.75 Å². The van der Waals surface area contributed by atoms with E-state index in [-0.39, 0.29) is 0 Å². The highest BCUT2D eigenvalue weighted by Gasteiger charge is 2.04. The predicted molar refractivity (Wildman–Crippen MR) is 75.1 cm³/mol. The Balaban J connectivity index is 2.39. The molecule has 0 aliphatic carbocycles. The fraction of sp³-hybridized carbons (Fsp3) is 0.600. The van der Waals surface area contributed by atoms with Crippen molar-refractivity contribution in [1.29, 1.82) is 0 Å². The molecule has 3 nitrogen and oxygen atoms in total. The second-order valence-electron chi connectivity index (χ2n) is 4.31. The third kappa shape index (κ3) is 5.52. The first-order valence-electron chi connectivity index (χ1n) is 6.81. The summed E-state index contributed by atoms with van der Waals surface area (Å²) < 4.78 is 11.1. The predicted octanol–water partition coefficient (Wildman–Crippen LogP) is 3.16. The zero-order valence-electron chi connectivity index (χ0n) is 11.7. The van der Waals surface area contributed by atoms with Gasteiger partial charge in [-0.1, -0.05) is 26.0 Å². The van der Waals surface area contributed by atoms with Crippen molar-refractivity contribution in [2.75, 3.05) is 26.4 Å². The van der Waals surface area contributed by atoms with Gasteiger partial charge in [-0.2, -0.15) is 0 Å². The SMILES string of the molecule is CCCOCCOc1cccc(C(C)NCC)c1. The number of ether oxygens (including phenoxy) is 2. The Bertz CT molecular complexity index is 328. The minimum atomic E-state index is 0.356.